The number of terminal acetylenes is 1. The topological polar surface area (TPSA) is 55.6 Å². The van der Waals surface area contributed by atoms with Gasteiger partial charge in [-0.15, -0.1) is 6.42 Å². The van der Waals surface area contributed by atoms with Crippen molar-refractivity contribution in [2.75, 3.05) is 5.32 Å². The first-order valence-electron chi connectivity index (χ1n) is 4.77. The van der Waals surface area contributed by atoms with E-state index in [9.17, 15) is 0 Å². The van der Waals surface area contributed by atoms with Crippen LogP contribution in [0.1, 0.15) is 11.4 Å². The van der Waals surface area contributed by atoms with E-state index in [0.29, 0.717) is 13.1 Å². The molecule has 2 aromatic heterocycles. The predicted octanol–water partition coefficient (Wildman–Crippen LogP) is 1.29. The van der Waals surface area contributed by atoms with Crippen LogP contribution in [-0.2, 0) is 13.1 Å². The first-order valence-corrected chi connectivity index (χ1v) is 5.54. The molecule has 5 nitrogen and oxygen atoms in total. The van der Waals surface area contributed by atoms with Crippen LogP contribution in [0.2, 0.25) is 0 Å². The molecule has 0 atom stereocenters. The lowest BCUT2D eigenvalue weighted by Gasteiger charge is -1.97. The lowest BCUT2D eigenvalue weighted by atomic mass is 10.4. The summed E-state index contributed by atoms with van der Waals surface area (Å²) >= 11 is 1.35. The number of nitrogens with zero attached hydrogens (tertiary/aromatic N) is 4. The molecule has 0 aliphatic heterocycles. The Balaban J connectivity index is 1.92. The molecule has 0 spiro atoms. The summed E-state index contributed by atoms with van der Waals surface area (Å²) in [4.78, 5) is 4.21. The number of aromatic nitrogens is 4. The van der Waals surface area contributed by atoms with Gasteiger partial charge in [-0.1, -0.05) is 5.92 Å². The van der Waals surface area contributed by atoms with Crippen LogP contribution < -0.4 is 5.32 Å². The van der Waals surface area contributed by atoms with E-state index in [0.717, 1.165) is 16.5 Å². The molecule has 0 aromatic carbocycles. The van der Waals surface area contributed by atoms with E-state index in [2.05, 4.69) is 25.7 Å². The average molecular weight is 233 g/mol. The summed E-state index contributed by atoms with van der Waals surface area (Å²) in [6, 6.07) is 0. The fraction of sp³-hybridized carbons (Fsp3) is 0.300. The van der Waals surface area contributed by atoms with Crippen molar-refractivity contribution in [1.82, 2.24) is 19.1 Å². The molecule has 16 heavy (non-hydrogen) atoms. The van der Waals surface area contributed by atoms with Gasteiger partial charge in [-0.25, -0.2) is 4.98 Å². The second kappa shape index (κ2) is 4.77. The SMILES string of the molecule is C#CCn1cc(CNc2nc(C)ns2)cn1. The predicted molar refractivity (Wildman–Crippen MR) is 63.0 cm³/mol. The molecular weight excluding hydrogens is 222 g/mol. The highest BCUT2D eigenvalue weighted by Gasteiger charge is 2.01. The van der Waals surface area contributed by atoms with Crippen LogP contribution >= 0.6 is 11.5 Å². The van der Waals surface area contributed by atoms with Gasteiger partial charge in [-0.05, 0) is 6.92 Å². The van der Waals surface area contributed by atoms with Gasteiger partial charge >= 0.3 is 0 Å². The van der Waals surface area contributed by atoms with Gasteiger partial charge < -0.3 is 5.32 Å². The molecule has 2 rings (SSSR count). The first kappa shape index (κ1) is 10.6. The van der Waals surface area contributed by atoms with E-state index in [1.165, 1.54) is 11.5 Å². The summed E-state index contributed by atoms with van der Waals surface area (Å²) in [7, 11) is 0. The second-order valence-electron chi connectivity index (χ2n) is 3.25. The van der Waals surface area contributed by atoms with Crippen molar-refractivity contribution in [3.63, 3.8) is 0 Å². The zero-order chi connectivity index (χ0) is 11.4. The minimum Gasteiger partial charge on any atom is -0.356 e. The summed E-state index contributed by atoms with van der Waals surface area (Å²) < 4.78 is 5.81. The summed E-state index contributed by atoms with van der Waals surface area (Å²) in [5.41, 5.74) is 1.07. The third-order valence-corrected chi connectivity index (χ3v) is 2.68. The highest BCUT2D eigenvalue weighted by Crippen LogP contribution is 2.11. The molecule has 0 radical (unpaired) electrons. The maximum atomic E-state index is 5.19. The molecule has 1 N–H and O–H groups in total. The molecule has 0 aliphatic carbocycles. The maximum Gasteiger partial charge on any atom is 0.202 e. The third kappa shape index (κ3) is 2.58. The van der Waals surface area contributed by atoms with Gasteiger partial charge in [-0.3, -0.25) is 4.68 Å². The summed E-state index contributed by atoms with van der Waals surface area (Å²) in [5, 5.41) is 8.12. The molecule has 2 aromatic rings. The van der Waals surface area contributed by atoms with Crippen LogP contribution in [0.25, 0.3) is 0 Å². The number of hydrogen-bond donors (Lipinski definition) is 1. The largest absolute Gasteiger partial charge is 0.356 e. The van der Waals surface area contributed by atoms with Gasteiger partial charge in [0, 0.05) is 29.8 Å². The molecule has 2 heterocycles. The minimum absolute atomic E-state index is 0.498. The summed E-state index contributed by atoms with van der Waals surface area (Å²) in [5.74, 6) is 3.32. The van der Waals surface area contributed by atoms with Crippen LogP contribution in [0.5, 0.6) is 0 Å². The van der Waals surface area contributed by atoms with E-state index >= 15 is 0 Å². The molecule has 0 saturated heterocycles. The second-order valence-corrected chi connectivity index (χ2v) is 4.00. The van der Waals surface area contributed by atoms with Gasteiger partial charge in [0.05, 0.1) is 6.20 Å². The molecule has 0 amide bonds. The Labute approximate surface area is 97.7 Å². The Morgan fingerprint density at radius 3 is 3.19 bits per heavy atom. The van der Waals surface area contributed by atoms with Crippen molar-refractivity contribution < 1.29 is 0 Å². The van der Waals surface area contributed by atoms with E-state index in [-0.39, 0.29) is 0 Å². The molecule has 0 aliphatic rings. The smallest absolute Gasteiger partial charge is 0.202 e. The molecular formula is C10H11N5S. The van der Waals surface area contributed by atoms with Gasteiger partial charge in [0.25, 0.3) is 0 Å². The highest BCUT2D eigenvalue weighted by molar-refractivity contribution is 7.09. The van der Waals surface area contributed by atoms with Crippen molar-refractivity contribution in [2.45, 2.75) is 20.0 Å². The zero-order valence-electron chi connectivity index (χ0n) is 8.84. The Kier molecular flexibility index (Phi) is 3.17. The highest BCUT2D eigenvalue weighted by atomic mass is 32.1. The minimum atomic E-state index is 0.498. The summed E-state index contributed by atoms with van der Waals surface area (Å²) in [6.45, 7) is 3.05. The van der Waals surface area contributed by atoms with Crippen LogP contribution in [0, 0.1) is 19.3 Å². The Morgan fingerprint density at radius 1 is 1.62 bits per heavy atom. The summed E-state index contributed by atoms with van der Waals surface area (Å²) in [6.07, 6.45) is 8.90. The maximum absolute atomic E-state index is 5.19. The molecule has 0 fully saturated rings. The molecule has 6 heteroatoms. The van der Waals surface area contributed by atoms with Gasteiger partial charge in [0.1, 0.15) is 12.4 Å². The number of aryl methyl sites for hydroxylation is 1. The lowest BCUT2D eigenvalue weighted by Crippen LogP contribution is -1.98. The Hall–Kier alpha value is -1.87. The molecule has 82 valence electrons. The molecule has 0 unspecified atom stereocenters. The van der Waals surface area contributed by atoms with Crippen molar-refractivity contribution in [3.05, 3.63) is 23.8 Å². The fourth-order valence-corrected chi connectivity index (χ4v) is 1.79. The molecule has 0 bridgehead atoms. The quantitative estimate of drug-likeness (QED) is 0.808. The number of rotatable bonds is 4. The standard InChI is InChI=1S/C10H11N5S/c1-3-4-15-7-9(6-12-15)5-11-10-13-8(2)14-16-10/h1,6-7H,4-5H2,2H3,(H,11,13,14). The lowest BCUT2D eigenvalue weighted by molar-refractivity contribution is 0.715. The van der Waals surface area contributed by atoms with Gasteiger partial charge in [0.15, 0.2) is 0 Å². The number of nitrogens with one attached hydrogen (secondary N) is 1. The van der Waals surface area contributed by atoms with Gasteiger partial charge in [0.2, 0.25) is 5.13 Å². The van der Waals surface area contributed by atoms with Crippen LogP contribution in [0.4, 0.5) is 5.13 Å². The van der Waals surface area contributed by atoms with Crippen LogP contribution in [-0.4, -0.2) is 19.1 Å². The van der Waals surface area contributed by atoms with E-state index in [4.69, 9.17) is 6.42 Å². The zero-order valence-corrected chi connectivity index (χ0v) is 9.66. The van der Waals surface area contributed by atoms with E-state index in [1.807, 2.05) is 13.1 Å². The van der Waals surface area contributed by atoms with Crippen LogP contribution in [0.15, 0.2) is 12.4 Å². The molecule has 0 saturated carbocycles. The first-order chi connectivity index (χ1) is 7.78. The monoisotopic (exact) mass is 233 g/mol. The van der Waals surface area contributed by atoms with Crippen molar-refractivity contribution in [3.8, 4) is 12.3 Å². The third-order valence-electron chi connectivity index (χ3n) is 1.91. The van der Waals surface area contributed by atoms with E-state index < -0.39 is 0 Å². The van der Waals surface area contributed by atoms with Crippen molar-refractivity contribution in [2.24, 2.45) is 0 Å². The van der Waals surface area contributed by atoms with Gasteiger partial charge in [-0.2, -0.15) is 9.47 Å². The number of hydrogen-bond acceptors (Lipinski definition) is 5. The fourth-order valence-electron chi connectivity index (χ4n) is 1.22. The Bertz CT molecular complexity index is 507. The van der Waals surface area contributed by atoms with Crippen molar-refractivity contribution >= 4 is 16.7 Å². The van der Waals surface area contributed by atoms with Crippen LogP contribution in [0.3, 0.4) is 0 Å². The normalized spacial score (nSPS) is 10.0. The van der Waals surface area contributed by atoms with Crippen molar-refractivity contribution in [1.29, 1.82) is 0 Å². The Morgan fingerprint density at radius 2 is 2.50 bits per heavy atom. The average Bonchev–Trinajstić information content (AvgIpc) is 2.85. The number of anilines is 1. The van der Waals surface area contributed by atoms with E-state index in [1.54, 1.807) is 10.9 Å².